The molecule has 0 radical (unpaired) electrons. The average molecular weight is 485 g/mol. The monoisotopic (exact) mass is 484 g/mol. The van der Waals surface area contributed by atoms with Gasteiger partial charge in [0.05, 0.1) is 5.56 Å². The maximum absolute atomic E-state index is 13.0. The molecular weight excluding hydrogens is 448 g/mol. The molecule has 1 aliphatic rings. The highest BCUT2D eigenvalue weighted by atomic mass is 16.5. The van der Waals surface area contributed by atoms with Crippen molar-refractivity contribution in [1.82, 2.24) is 0 Å². The summed E-state index contributed by atoms with van der Waals surface area (Å²) in [6.07, 6.45) is 1.59. The van der Waals surface area contributed by atoms with Crippen molar-refractivity contribution < 1.29 is 14.3 Å². The molecule has 0 saturated heterocycles. The van der Waals surface area contributed by atoms with E-state index in [4.69, 9.17) is 9.47 Å². The summed E-state index contributed by atoms with van der Waals surface area (Å²) in [4.78, 5) is 17.6. The van der Waals surface area contributed by atoms with Gasteiger partial charge in [0.1, 0.15) is 18.1 Å². The van der Waals surface area contributed by atoms with Gasteiger partial charge >= 0.3 is 5.97 Å². The third-order valence-corrected chi connectivity index (χ3v) is 6.92. The molecule has 4 rings (SSSR count). The molecule has 0 unspecified atom stereocenters. The molecule has 36 heavy (non-hydrogen) atoms. The lowest BCUT2D eigenvalue weighted by atomic mass is 9.80. The first-order chi connectivity index (χ1) is 17.6. The lowest BCUT2D eigenvalue weighted by Crippen LogP contribution is -2.23. The average Bonchev–Trinajstić information content (AvgIpc) is 2.91. The second-order valence-corrected chi connectivity index (χ2v) is 8.80. The molecule has 3 aromatic carbocycles. The number of carbonyl (C=O) groups excluding carboxylic acids is 1. The molecule has 1 heterocycles. The van der Waals surface area contributed by atoms with Crippen LogP contribution in [-0.2, 0) is 4.74 Å². The van der Waals surface area contributed by atoms with Gasteiger partial charge in [-0.3, -0.25) is 0 Å². The minimum absolute atomic E-state index is 0.160. The Kier molecular flexibility index (Phi) is 7.99. The zero-order chi connectivity index (χ0) is 25.7. The predicted octanol–water partition coefficient (Wildman–Crippen LogP) is 7.01. The lowest BCUT2D eigenvalue weighted by molar-refractivity contribution is 0.0548. The topological polar surface area (TPSA) is 42.0 Å². The van der Waals surface area contributed by atoms with Crippen molar-refractivity contribution in [3.05, 3.63) is 95.6 Å². The lowest BCUT2D eigenvalue weighted by Gasteiger charge is -2.32. The molecular formula is C31H36N2O3. The van der Waals surface area contributed by atoms with Crippen LogP contribution in [0.25, 0.3) is 0 Å². The van der Waals surface area contributed by atoms with Crippen molar-refractivity contribution >= 4 is 17.3 Å². The van der Waals surface area contributed by atoms with Gasteiger partial charge in [-0.05, 0) is 51.5 Å². The van der Waals surface area contributed by atoms with Crippen LogP contribution in [0, 0.1) is 0 Å². The summed E-state index contributed by atoms with van der Waals surface area (Å²) in [5.41, 5.74) is 5.79. The number of ether oxygens (including phenoxy) is 2. The molecule has 0 bridgehead atoms. The van der Waals surface area contributed by atoms with Crippen molar-refractivity contribution in [2.45, 2.75) is 33.6 Å². The van der Waals surface area contributed by atoms with E-state index in [0.29, 0.717) is 5.56 Å². The molecule has 0 fully saturated rings. The number of rotatable bonds is 10. The summed E-state index contributed by atoms with van der Waals surface area (Å²) in [5.74, 6) is 1.14. The van der Waals surface area contributed by atoms with Gasteiger partial charge in [-0.1, -0.05) is 43.0 Å². The summed E-state index contributed by atoms with van der Waals surface area (Å²) in [5, 5.41) is 0. The highest BCUT2D eigenvalue weighted by Crippen LogP contribution is 2.50. The van der Waals surface area contributed by atoms with Gasteiger partial charge in [0.2, 0.25) is 0 Å². The van der Waals surface area contributed by atoms with Crippen LogP contribution in [0.15, 0.2) is 73.3 Å². The fourth-order valence-electron chi connectivity index (χ4n) is 5.04. The highest BCUT2D eigenvalue weighted by molar-refractivity contribution is 5.92. The highest BCUT2D eigenvalue weighted by Gasteiger charge is 2.32. The molecule has 0 amide bonds. The summed E-state index contributed by atoms with van der Waals surface area (Å²) < 4.78 is 12.0. The Hall–Kier alpha value is -3.73. The molecule has 0 spiro atoms. The summed E-state index contributed by atoms with van der Waals surface area (Å²) in [7, 11) is 0. The summed E-state index contributed by atoms with van der Waals surface area (Å²) in [6.45, 7) is 16.1. The van der Waals surface area contributed by atoms with E-state index in [1.807, 2.05) is 24.3 Å². The van der Waals surface area contributed by atoms with Crippen molar-refractivity contribution in [1.29, 1.82) is 0 Å². The van der Waals surface area contributed by atoms with Gasteiger partial charge in [0.25, 0.3) is 0 Å². The van der Waals surface area contributed by atoms with Gasteiger partial charge in [0, 0.05) is 66.7 Å². The van der Waals surface area contributed by atoms with Gasteiger partial charge in [-0.25, -0.2) is 4.79 Å². The van der Waals surface area contributed by atoms with Crippen LogP contribution in [-0.4, -0.2) is 38.8 Å². The number of carbonyl (C=O) groups is 1. The first kappa shape index (κ1) is 25.4. The van der Waals surface area contributed by atoms with E-state index >= 15 is 0 Å². The number of nitrogens with zero attached hydrogens (tertiary/aromatic N) is 2. The largest absolute Gasteiger partial charge is 0.458 e. The first-order valence-electron chi connectivity index (χ1n) is 12.9. The Morgan fingerprint density at radius 1 is 0.833 bits per heavy atom. The zero-order valence-electron chi connectivity index (χ0n) is 21.8. The number of anilines is 2. The van der Waals surface area contributed by atoms with Crippen LogP contribution < -0.4 is 14.5 Å². The normalized spacial score (nSPS) is 12.2. The first-order valence-corrected chi connectivity index (χ1v) is 12.9. The number of benzene rings is 3. The van der Waals surface area contributed by atoms with E-state index in [9.17, 15) is 4.79 Å². The second kappa shape index (κ2) is 11.3. The molecule has 1 aliphatic heterocycles. The van der Waals surface area contributed by atoms with Crippen LogP contribution in [0.4, 0.5) is 11.4 Å². The van der Waals surface area contributed by atoms with Crippen molar-refractivity contribution in [2.24, 2.45) is 0 Å². The fraction of sp³-hybridized carbons (Fsp3) is 0.323. The minimum atomic E-state index is -0.348. The Bertz CT molecular complexity index is 1170. The zero-order valence-corrected chi connectivity index (χ0v) is 21.8. The van der Waals surface area contributed by atoms with Gasteiger partial charge < -0.3 is 19.3 Å². The maximum Gasteiger partial charge on any atom is 0.338 e. The number of hydrogen-bond donors (Lipinski definition) is 0. The summed E-state index contributed by atoms with van der Waals surface area (Å²) in [6, 6.07) is 20.5. The minimum Gasteiger partial charge on any atom is -0.458 e. The third-order valence-electron chi connectivity index (χ3n) is 6.92. The van der Waals surface area contributed by atoms with Crippen molar-refractivity contribution in [2.75, 3.05) is 42.6 Å². The Balaban J connectivity index is 1.90. The molecule has 0 aromatic heterocycles. The van der Waals surface area contributed by atoms with E-state index in [2.05, 4.69) is 80.5 Å². The fourth-order valence-corrected chi connectivity index (χ4v) is 5.04. The molecule has 188 valence electrons. The van der Waals surface area contributed by atoms with E-state index in [-0.39, 0.29) is 18.5 Å². The Morgan fingerprint density at radius 2 is 1.36 bits per heavy atom. The predicted molar refractivity (Wildman–Crippen MR) is 148 cm³/mol. The molecule has 5 nitrogen and oxygen atoms in total. The van der Waals surface area contributed by atoms with Crippen LogP contribution >= 0.6 is 0 Å². The standard InChI is InChI=1S/C31H36N2O3/c1-6-19-35-31(34)25-14-12-11-13-24(25)30-26-17-15-22(32(7-2)8-3)20-28(26)36-29-21-23(16-18-27(29)30)33(9-4)10-5/h6,11-18,20-21,30H,1,7-10,19H2,2-5H3. The molecule has 0 aliphatic carbocycles. The van der Waals surface area contributed by atoms with Crippen LogP contribution in [0.3, 0.4) is 0 Å². The Morgan fingerprint density at radius 3 is 1.86 bits per heavy atom. The summed E-state index contributed by atoms with van der Waals surface area (Å²) >= 11 is 0. The van der Waals surface area contributed by atoms with Gasteiger partial charge in [0.15, 0.2) is 0 Å². The molecule has 0 N–H and O–H groups in total. The third kappa shape index (κ3) is 4.83. The van der Waals surface area contributed by atoms with Gasteiger partial charge in [-0.15, -0.1) is 0 Å². The van der Waals surface area contributed by atoms with E-state index < -0.39 is 0 Å². The maximum atomic E-state index is 13.0. The van der Waals surface area contributed by atoms with Gasteiger partial charge in [-0.2, -0.15) is 0 Å². The number of hydrogen-bond acceptors (Lipinski definition) is 5. The van der Waals surface area contributed by atoms with Crippen molar-refractivity contribution in [3.8, 4) is 11.5 Å². The quantitative estimate of drug-likeness (QED) is 0.179. The van der Waals surface area contributed by atoms with E-state index in [1.165, 1.54) is 0 Å². The SMILES string of the molecule is C=CCOC(=O)c1ccccc1C1c2ccc(N(CC)CC)cc2Oc2cc(N(CC)CC)ccc21. The smallest absolute Gasteiger partial charge is 0.338 e. The van der Waals surface area contributed by atoms with Crippen LogP contribution in [0.5, 0.6) is 11.5 Å². The van der Waals surface area contributed by atoms with Crippen LogP contribution in [0.1, 0.15) is 60.7 Å². The Labute approximate surface area is 215 Å². The molecule has 5 heteroatoms. The molecule has 0 atom stereocenters. The molecule has 3 aromatic rings. The van der Waals surface area contributed by atoms with Crippen molar-refractivity contribution in [3.63, 3.8) is 0 Å². The number of fused-ring (bicyclic) bond motifs is 2. The van der Waals surface area contributed by atoms with E-state index in [1.54, 1.807) is 6.08 Å². The molecule has 0 saturated carbocycles. The van der Waals surface area contributed by atoms with Crippen LogP contribution in [0.2, 0.25) is 0 Å². The second-order valence-electron chi connectivity index (χ2n) is 8.80. The van der Waals surface area contributed by atoms with E-state index in [0.717, 1.165) is 65.7 Å². The number of esters is 1.